The van der Waals surface area contributed by atoms with Gasteiger partial charge in [0.25, 0.3) is 5.91 Å². The Balaban J connectivity index is 1.96. The zero-order valence-electron chi connectivity index (χ0n) is 10.8. The summed E-state index contributed by atoms with van der Waals surface area (Å²) in [6.45, 7) is 1.06. The van der Waals surface area contributed by atoms with E-state index < -0.39 is 0 Å². The monoisotopic (exact) mass is 254 g/mol. The molecule has 98 valence electrons. The number of nitrogens with two attached hydrogens (primary N) is 1. The fourth-order valence-corrected chi connectivity index (χ4v) is 1.97. The lowest BCUT2D eigenvalue weighted by molar-refractivity contribution is 0.0951. The summed E-state index contributed by atoms with van der Waals surface area (Å²) in [4.78, 5) is 11.9. The van der Waals surface area contributed by atoms with Gasteiger partial charge in [-0.3, -0.25) is 4.79 Å². The van der Waals surface area contributed by atoms with Crippen molar-refractivity contribution in [3.63, 3.8) is 0 Å². The summed E-state index contributed by atoms with van der Waals surface area (Å²) in [6, 6.07) is 19.2. The van der Waals surface area contributed by atoms with Crippen molar-refractivity contribution in [1.82, 2.24) is 5.32 Å². The normalized spacial score (nSPS) is 11.8. The first kappa shape index (κ1) is 13.3. The van der Waals surface area contributed by atoms with E-state index in [9.17, 15) is 4.79 Å². The highest BCUT2D eigenvalue weighted by atomic mass is 16.1. The van der Waals surface area contributed by atoms with Crippen LogP contribution < -0.4 is 11.1 Å². The second-order valence-corrected chi connectivity index (χ2v) is 4.42. The average molecular weight is 254 g/mol. The highest BCUT2D eigenvalue weighted by molar-refractivity contribution is 5.94. The molecule has 0 radical (unpaired) electrons. The van der Waals surface area contributed by atoms with Gasteiger partial charge in [-0.15, -0.1) is 0 Å². The Kier molecular flexibility index (Phi) is 4.70. The van der Waals surface area contributed by atoms with Crippen molar-refractivity contribution >= 4 is 5.91 Å². The lowest BCUT2D eigenvalue weighted by Gasteiger charge is -2.16. The molecule has 3 nitrogen and oxygen atoms in total. The molecule has 0 spiro atoms. The van der Waals surface area contributed by atoms with Gasteiger partial charge in [0.2, 0.25) is 0 Å². The molecule has 1 unspecified atom stereocenters. The highest BCUT2D eigenvalue weighted by Crippen LogP contribution is 2.13. The van der Waals surface area contributed by atoms with Crippen LogP contribution in [0.15, 0.2) is 60.7 Å². The highest BCUT2D eigenvalue weighted by Gasteiger charge is 2.11. The Bertz CT molecular complexity index is 511. The van der Waals surface area contributed by atoms with E-state index in [0.29, 0.717) is 18.7 Å². The van der Waals surface area contributed by atoms with Gasteiger partial charge in [0.1, 0.15) is 0 Å². The molecule has 0 fully saturated rings. The molecular weight excluding hydrogens is 236 g/mol. The van der Waals surface area contributed by atoms with Gasteiger partial charge in [-0.1, -0.05) is 48.5 Å². The van der Waals surface area contributed by atoms with E-state index in [1.807, 2.05) is 48.5 Å². The zero-order chi connectivity index (χ0) is 13.5. The molecule has 2 rings (SSSR count). The number of nitrogens with one attached hydrogen (secondary N) is 1. The molecule has 2 aromatic rings. The second-order valence-electron chi connectivity index (χ2n) is 4.42. The molecule has 0 saturated carbocycles. The van der Waals surface area contributed by atoms with Crippen LogP contribution in [0.25, 0.3) is 0 Å². The first-order chi connectivity index (χ1) is 9.31. The smallest absolute Gasteiger partial charge is 0.251 e. The molecule has 0 bridgehead atoms. The molecular formula is C16H18N2O. The van der Waals surface area contributed by atoms with E-state index in [0.717, 1.165) is 5.56 Å². The third-order valence-corrected chi connectivity index (χ3v) is 3.10. The lowest BCUT2D eigenvalue weighted by atomic mass is 9.99. The minimum Gasteiger partial charge on any atom is -0.351 e. The Morgan fingerprint density at radius 1 is 1.00 bits per heavy atom. The number of amides is 1. The Morgan fingerprint density at radius 3 is 2.16 bits per heavy atom. The third-order valence-electron chi connectivity index (χ3n) is 3.10. The van der Waals surface area contributed by atoms with Gasteiger partial charge < -0.3 is 11.1 Å². The van der Waals surface area contributed by atoms with E-state index >= 15 is 0 Å². The summed E-state index contributed by atoms with van der Waals surface area (Å²) in [6.07, 6.45) is 0. The lowest BCUT2D eigenvalue weighted by Crippen LogP contribution is -2.31. The van der Waals surface area contributed by atoms with Crippen molar-refractivity contribution in [2.24, 2.45) is 5.73 Å². The topological polar surface area (TPSA) is 55.1 Å². The van der Waals surface area contributed by atoms with Crippen LogP contribution in [-0.2, 0) is 0 Å². The van der Waals surface area contributed by atoms with Crippen LogP contribution in [-0.4, -0.2) is 19.0 Å². The molecule has 0 aliphatic rings. The molecule has 0 aromatic heterocycles. The maximum absolute atomic E-state index is 11.9. The summed E-state index contributed by atoms with van der Waals surface area (Å²) in [7, 11) is 0. The third kappa shape index (κ3) is 3.66. The second kappa shape index (κ2) is 6.71. The molecule has 3 N–H and O–H groups in total. The standard InChI is InChI=1S/C16H18N2O/c17-11-15(13-7-3-1-4-8-13)12-18-16(19)14-9-5-2-6-10-14/h1-10,15H,11-12,17H2,(H,18,19). The maximum Gasteiger partial charge on any atom is 0.251 e. The predicted octanol–water partition coefficient (Wildman–Crippen LogP) is 2.16. The summed E-state index contributed by atoms with van der Waals surface area (Å²) >= 11 is 0. The quantitative estimate of drug-likeness (QED) is 0.859. The van der Waals surface area contributed by atoms with Crippen molar-refractivity contribution in [2.45, 2.75) is 5.92 Å². The molecule has 1 atom stereocenters. The van der Waals surface area contributed by atoms with Crippen molar-refractivity contribution in [3.05, 3.63) is 71.8 Å². The van der Waals surface area contributed by atoms with Crippen LogP contribution in [0.2, 0.25) is 0 Å². The van der Waals surface area contributed by atoms with Crippen LogP contribution in [0.4, 0.5) is 0 Å². The molecule has 0 saturated heterocycles. The van der Waals surface area contributed by atoms with Crippen molar-refractivity contribution in [3.8, 4) is 0 Å². The first-order valence-electron chi connectivity index (χ1n) is 6.39. The van der Waals surface area contributed by atoms with Crippen molar-refractivity contribution in [2.75, 3.05) is 13.1 Å². The number of carbonyl (C=O) groups is 1. The van der Waals surface area contributed by atoms with E-state index in [4.69, 9.17) is 5.73 Å². The van der Waals surface area contributed by atoms with Gasteiger partial charge >= 0.3 is 0 Å². The number of hydrogen-bond acceptors (Lipinski definition) is 2. The Hall–Kier alpha value is -2.13. The number of hydrogen-bond donors (Lipinski definition) is 2. The maximum atomic E-state index is 11.9. The van der Waals surface area contributed by atoms with Gasteiger partial charge in [0, 0.05) is 24.6 Å². The van der Waals surface area contributed by atoms with E-state index in [1.165, 1.54) is 0 Å². The minimum atomic E-state index is -0.0602. The van der Waals surface area contributed by atoms with Gasteiger partial charge in [0.05, 0.1) is 0 Å². The molecule has 2 aromatic carbocycles. The van der Waals surface area contributed by atoms with Crippen LogP contribution in [0.1, 0.15) is 21.8 Å². The largest absolute Gasteiger partial charge is 0.351 e. The number of rotatable bonds is 5. The van der Waals surface area contributed by atoms with Crippen LogP contribution in [0.5, 0.6) is 0 Å². The molecule has 1 amide bonds. The van der Waals surface area contributed by atoms with Crippen LogP contribution in [0.3, 0.4) is 0 Å². The fourth-order valence-electron chi connectivity index (χ4n) is 1.97. The van der Waals surface area contributed by atoms with Crippen molar-refractivity contribution < 1.29 is 4.79 Å². The van der Waals surface area contributed by atoms with E-state index in [2.05, 4.69) is 5.32 Å². The Morgan fingerprint density at radius 2 is 1.58 bits per heavy atom. The van der Waals surface area contributed by atoms with Gasteiger partial charge in [-0.25, -0.2) is 0 Å². The zero-order valence-corrected chi connectivity index (χ0v) is 10.8. The summed E-state index contributed by atoms with van der Waals surface area (Å²) in [5.74, 6) is 0.0869. The number of benzene rings is 2. The molecule has 19 heavy (non-hydrogen) atoms. The summed E-state index contributed by atoms with van der Waals surface area (Å²) < 4.78 is 0. The van der Waals surface area contributed by atoms with Crippen LogP contribution >= 0.6 is 0 Å². The molecule has 0 aliphatic heterocycles. The van der Waals surface area contributed by atoms with Gasteiger partial charge in [-0.2, -0.15) is 0 Å². The SMILES string of the molecule is NCC(CNC(=O)c1ccccc1)c1ccccc1. The van der Waals surface area contributed by atoms with Gasteiger partial charge in [0.15, 0.2) is 0 Å². The minimum absolute atomic E-state index is 0.0602. The molecule has 0 aliphatic carbocycles. The fraction of sp³-hybridized carbons (Fsp3) is 0.188. The average Bonchev–Trinajstić information content (AvgIpc) is 2.49. The summed E-state index contributed by atoms with van der Waals surface area (Å²) in [5.41, 5.74) is 7.60. The van der Waals surface area contributed by atoms with Crippen LogP contribution in [0, 0.1) is 0 Å². The molecule has 0 heterocycles. The first-order valence-corrected chi connectivity index (χ1v) is 6.39. The Labute approximate surface area is 113 Å². The number of carbonyl (C=O) groups excluding carboxylic acids is 1. The van der Waals surface area contributed by atoms with Gasteiger partial charge in [-0.05, 0) is 17.7 Å². The molecule has 3 heteroatoms. The predicted molar refractivity (Wildman–Crippen MR) is 77.0 cm³/mol. The van der Waals surface area contributed by atoms with E-state index in [1.54, 1.807) is 12.1 Å². The summed E-state index contributed by atoms with van der Waals surface area (Å²) in [5, 5.41) is 2.93. The van der Waals surface area contributed by atoms with E-state index in [-0.39, 0.29) is 11.8 Å². The van der Waals surface area contributed by atoms with Crippen molar-refractivity contribution in [1.29, 1.82) is 0 Å².